The van der Waals surface area contributed by atoms with Gasteiger partial charge in [-0.1, -0.05) is 23.7 Å². The summed E-state index contributed by atoms with van der Waals surface area (Å²) in [6.07, 6.45) is 5.19. The molecule has 1 heterocycles. The van der Waals surface area contributed by atoms with Crippen LogP contribution in [0.2, 0.25) is 5.15 Å². The molecule has 7 nitrogen and oxygen atoms in total. The van der Waals surface area contributed by atoms with Crippen LogP contribution in [0.5, 0.6) is 0 Å². The number of nitrogens with one attached hydrogen (secondary N) is 1. The molecule has 2 aromatic rings. The molecular formula is C13H9ClN4O3. The number of carbonyl (C=O) groups is 1. The predicted octanol–water partition coefficient (Wildman–Crippen LogP) is 2.69. The Morgan fingerprint density at radius 2 is 2.10 bits per heavy atom. The number of hydrogen-bond donors (Lipinski definition) is 1. The Morgan fingerprint density at radius 3 is 2.81 bits per heavy atom. The van der Waals surface area contributed by atoms with Crippen molar-refractivity contribution in [3.05, 3.63) is 63.6 Å². The van der Waals surface area contributed by atoms with E-state index in [1.165, 1.54) is 30.6 Å². The van der Waals surface area contributed by atoms with Crippen LogP contribution in [0, 0.1) is 10.1 Å². The molecule has 8 heteroatoms. The number of carbonyl (C=O) groups excluding carboxylic acids is 1. The number of hydrogen-bond acceptors (Lipinski definition) is 5. The van der Waals surface area contributed by atoms with E-state index in [1.807, 2.05) is 0 Å². The topological polar surface area (TPSA) is 98.0 Å². The quantitative estimate of drug-likeness (QED) is 0.532. The van der Waals surface area contributed by atoms with Gasteiger partial charge in [0.2, 0.25) is 5.91 Å². The minimum atomic E-state index is -0.514. The van der Waals surface area contributed by atoms with Crippen LogP contribution in [-0.4, -0.2) is 20.8 Å². The van der Waals surface area contributed by atoms with E-state index in [1.54, 1.807) is 18.2 Å². The fraction of sp³-hybridized carbons (Fsp3) is 0. The molecule has 1 aromatic carbocycles. The second-order valence-corrected chi connectivity index (χ2v) is 4.25. The summed E-state index contributed by atoms with van der Waals surface area (Å²) >= 11 is 5.64. The van der Waals surface area contributed by atoms with Gasteiger partial charge in [-0.15, -0.1) is 0 Å². The first-order valence-corrected chi connectivity index (χ1v) is 6.14. The number of nitrogens with zero attached hydrogens (tertiary/aromatic N) is 3. The summed E-state index contributed by atoms with van der Waals surface area (Å²) in [5.41, 5.74) is 0.249. The maximum atomic E-state index is 11.7. The molecule has 0 saturated carbocycles. The monoisotopic (exact) mass is 304 g/mol. The Labute approximate surface area is 124 Å². The molecule has 0 atom stereocenters. The number of nitro benzene ring substituents is 1. The smallest absolute Gasteiger partial charge is 0.276 e. The van der Waals surface area contributed by atoms with E-state index in [0.717, 1.165) is 0 Å². The molecule has 21 heavy (non-hydrogen) atoms. The number of anilines is 1. The lowest BCUT2D eigenvalue weighted by Crippen LogP contribution is -2.09. The fourth-order valence-corrected chi connectivity index (χ4v) is 1.68. The molecule has 0 aliphatic rings. The number of amides is 1. The van der Waals surface area contributed by atoms with E-state index in [4.69, 9.17) is 11.6 Å². The van der Waals surface area contributed by atoms with E-state index in [0.29, 0.717) is 5.56 Å². The number of rotatable bonds is 4. The van der Waals surface area contributed by atoms with Gasteiger partial charge in [-0.25, -0.2) is 4.98 Å². The Hall–Kier alpha value is -2.80. The van der Waals surface area contributed by atoms with Crippen molar-refractivity contribution < 1.29 is 9.72 Å². The molecule has 1 aromatic heterocycles. The second-order valence-electron chi connectivity index (χ2n) is 3.87. The van der Waals surface area contributed by atoms with Gasteiger partial charge in [0, 0.05) is 12.1 Å². The van der Waals surface area contributed by atoms with Crippen molar-refractivity contribution in [2.24, 2.45) is 0 Å². The fourth-order valence-electron chi connectivity index (χ4n) is 1.53. The van der Waals surface area contributed by atoms with Gasteiger partial charge in [0.15, 0.2) is 5.82 Å². The van der Waals surface area contributed by atoms with Crippen molar-refractivity contribution >= 4 is 35.1 Å². The van der Waals surface area contributed by atoms with Gasteiger partial charge < -0.3 is 5.32 Å². The molecule has 1 N–H and O–H groups in total. The van der Waals surface area contributed by atoms with Gasteiger partial charge in [0.25, 0.3) is 5.69 Å². The molecule has 0 aliphatic heterocycles. The van der Waals surface area contributed by atoms with E-state index in [9.17, 15) is 14.9 Å². The van der Waals surface area contributed by atoms with Crippen molar-refractivity contribution in [1.82, 2.24) is 9.97 Å². The van der Waals surface area contributed by atoms with Gasteiger partial charge in [0.1, 0.15) is 5.15 Å². The summed E-state index contributed by atoms with van der Waals surface area (Å²) in [7, 11) is 0. The largest absolute Gasteiger partial charge is 0.306 e. The summed E-state index contributed by atoms with van der Waals surface area (Å²) < 4.78 is 0. The molecule has 0 unspecified atom stereocenters. The van der Waals surface area contributed by atoms with Crippen LogP contribution in [0.25, 0.3) is 6.08 Å². The predicted molar refractivity (Wildman–Crippen MR) is 77.8 cm³/mol. The molecule has 0 bridgehead atoms. The maximum Gasteiger partial charge on any atom is 0.276 e. The zero-order valence-electron chi connectivity index (χ0n) is 10.6. The van der Waals surface area contributed by atoms with Gasteiger partial charge in [-0.3, -0.25) is 19.9 Å². The van der Waals surface area contributed by atoms with Crippen molar-refractivity contribution in [1.29, 1.82) is 0 Å². The summed E-state index contributed by atoms with van der Waals surface area (Å²) in [6.45, 7) is 0. The minimum Gasteiger partial charge on any atom is -0.306 e. The highest BCUT2D eigenvalue weighted by atomic mass is 35.5. The third-order valence-corrected chi connectivity index (χ3v) is 2.59. The van der Waals surface area contributed by atoms with Crippen LogP contribution in [-0.2, 0) is 4.79 Å². The molecule has 0 spiro atoms. The maximum absolute atomic E-state index is 11.7. The van der Waals surface area contributed by atoms with E-state index in [-0.39, 0.29) is 16.7 Å². The minimum absolute atomic E-state index is 0.0795. The van der Waals surface area contributed by atoms with Crippen LogP contribution in [0.15, 0.2) is 42.7 Å². The molecule has 0 fully saturated rings. The van der Waals surface area contributed by atoms with Crippen LogP contribution in [0.4, 0.5) is 11.5 Å². The highest BCUT2D eigenvalue weighted by Gasteiger charge is 2.09. The molecule has 0 saturated heterocycles. The van der Waals surface area contributed by atoms with Gasteiger partial charge in [0.05, 0.1) is 22.9 Å². The third-order valence-electron chi connectivity index (χ3n) is 2.40. The Morgan fingerprint density at radius 1 is 1.33 bits per heavy atom. The van der Waals surface area contributed by atoms with E-state index < -0.39 is 10.8 Å². The lowest BCUT2D eigenvalue weighted by molar-refractivity contribution is -0.385. The van der Waals surface area contributed by atoms with Crippen LogP contribution in [0.3, 0.4) is 0 Å². The van der Waals surface area contributed by atoms with Crippen LogP contribution in [0.1, 0.15) is 5.56 Å². The third kappa shape index (κ3) is 4.08. The average molecular weight is 305 g/mol. The SMILES string of the molecule is O=C(/C=C/c1ccccc1[N+](=O)[O-])Nc1cncc(Cl)n1. The lowest BCUT2D eigenvalue weighted by Gasteiger charge is -2.00. The number of para-hydroxylation sites is 1. The van der Waals surface area contributed by atoms with Gasteiger partial charge >= 0.3 is 0 Å². The van der Waals surface area contributed by atoms with Crippen LogP contribution < -0.4 is 5.32 Å². The van der Waals surface area contributed by atoms with E-state index in [2.05, 4.69) is 15.3 Å². The zero-order chi connectivity index (χ0) is 15.2. The summed E-state index contributed by atoms with van der Waals surface area (Å²) in [6, 6.07) is 6.10. The highest BCUT2D eigenvalue weighted by molar-refractivity contribution is 6.29. The summed E-state index contributed by atoms with van der Waals surface area (Å²) in [4.78, 5) is 29.6. The van der Waals surface area contributed by atoms with Gasteiger partial charge in [-0.2, -0.15) is 0 Å². The first-order chi connectivity index (χ1) is 10.1. The number of aromatic nitrogens is 2. The molecule has 0 radical (unpaired) electrons. The molecule has 2 rings (SSSR count). The molecule has 1 amide bonds. The normalized spacial score (nSPS) is 10.5. The Kier molecular flexibility index (Phi) is 4.57. The van der Waals surface area contributed by atoms with Crippen molar-refractivity contribution in [2.45, 2.75) is 0 Å². The van der Waals surface area contributed by atoms with Crippen molar-refractivity contribution in [2.75, 3.05) is 5.32 Å². The van der Waals surface area contributed by atoms with Crippen molar-refractivity contribution in [3.63, 3.8) is 0 Å². The molecular weight excluding hydrogens is 296 g/mol. The first kappa shape index (κ1) is 14.6. The average Bonchev–Trinajstić information content (AvgIpc) is 2.45. The molecule has 106 valence electrons. The zero-order valence-corrected chi connectivity index (χ0v) is 11.3. The Balaban J connectivity index is 2.11. The van der Waals surface area contributed by atoms with Crippen LogP contribution >= 0.6 is 11.6 Å². The lowest BCUT2D eigenvalue weighted by atomic mass is 10.1. The number of halogens is 1. The summed E-state index contributed by atoms with van der Waals surface area (Å²) in [5, 5.41) is 13.4. The van der Waals surface area contributed by atoms with E-state index >= 15 is 0 Å². The second kappa shape index (κ2) is 6.58. The summed E-state index contributed by atoms with van der Waals surface area (Å²) in [5.74, 6) is -0.301. The number of nitro groups is 1. The standard InChI is InChI=1S/C13H9ClN4O3/c14-11-7-15-8-12(16-11)17-13(19)6-5-9-3-1-2-4-10(9)18(20)21/h1-8H,(H,16,17,19)/b6-5+. The highest BCUT2D eigenvalue weighted by Crippen LogP contribution is 2.18. The first-order valence-electron chi connectivity index (χ1n) is 5.76. The van der Waals surface area contributed by atoms with Crippen molar-refractivity contribution in [3.8, 4) is 0 Å². The molecule has 0 aliphatic carbocycles. The Bertz CT molecular complexity index is 718. The number of benzene rings is 1. The van der Waals surface area contributed by atoms with Gasteiger partial charge in [-0.05, 0) is 12.1 Å².